The van der Waals surface area contributed by atoms with Crippen molar-refractivity contribution in [2.75, 3.05) is 0 Å². The van der Waals surface area contributed by atoms with E-state index in [0.717, 1.165) is 5.56 Å². The lowest BCUT2D eigenvalue weighted by molar-refractivity contribution is -0.120. The zero-order valence-electron chi connectivity index (χ0n) is 12.1. The number of nitrogens with one attached hydrogen (secondary N) is 1. The van der Waals surface area contributed by atoms with Crippen molar-refractivity contribution in [1.82, 2.24) is 20.5 Å². The standard InChI is InChI=1S/C16H13ClN4O2/c17-12-6-4-11(5-7-12)9-14(22)19-10-15-20-21-16(23-15)13-3-1-2-8-18-13/h1-8H,9-10H2,(H,19,22). The number of amides is 1. The van der Waals surface area contributed by atoms with Crippen molar-refractivity contribution in [2.45, 2.75) is 13.0 Å². The highest BCUT2D eigenvalue weighted by atomic mass is 35.5. The molecular weight excluding hydrogens is 316 g/mol. The molecule has 23 heavy (non-hydrogen) atoms. The minimum Gasteiger partial charge on any atom is -0.417 e. The number of pyridine rings is 1. The van der Waals surface area contributed by atoms with Gasteiger partial charge in [-0.05, 0) is 29.8 Å². The number of halogens is 1. The molecule has 0 aliphatic carbocycles. The Labute approximate surface area is 137 Å². The predicted molar refractivity (Wildman–Crippen MR) is 84.5 cm³/mol. The van der Waals surface area contributed by atoms with Gasteiger partial charge >= 0.3 is 0 Å². The number of hydrogen-bond donors (Lipinski definition) is 1. The Hall–Kier alpha value is -2.73. The van der Waals surface area contributed by atoms with Crippen molar-refractivity contribution >= 4 is 17.5 Å². The van der Waals surface area contributed by atoms with Gasteiger partial charge in [0, 0.05) is 11.2 Å². The lowest BCUT2D eigenvalue weighted by Crippen LogP contribution is -2.24. The number of carbonyl (C=O) groups is 1. The Morgan fingerprint density at radius 2 is 1.96 bits per heavy atom. The molecule has 0 saturated carbocycles. The van der Waals surface area contributed by atoms with E-state index in [9.17, 15) is 4.79 Å². The number of aromatic nitrogens is 3. The molecule has 0 radical (unpaired) electrons. The van der Waals surface area contributed by atoms with Gasteiger partial charge in [-0.3, -0.25) is 9.78 Å². The Morgan fingerprint density at radius 3 is 2.70 bits per heavy atom. The van der Waals surface area contributed by atoms with Gasteiger partial charge in [0.1, 0.15) is 5.69 Å². The van der Waals surface area contributed by atoms with Crippen molar-refractivity contribution < 1.29 is 9.21 Å². The first-order valence-electron chi connectivity index (χ1n) is 6.95. The van der Waals surface area contributed by atoms with E-state index in [4.69, 9.17) is 16.0 Å². The Morgan fingerprint density at radius 1 is 1.13 bits per heavy atom. The normalized spacial score (nSPS) is 10.5. The fourth-order valence-corrected chi connectivity index (χ4v) is 2.07. The van der Waals surface area contributed by atoms with Crippen LogP contribution in [0, 0.1) is 0 Å². The van der Waals surface area contributed by atoms with Crippen molar-refractivity contribution in [3.63, 3.8) is 0 Å². The lowest BCUT2D eigenvalue weighted by Gasteiger charge is -2.02. The molecule has 7 heteroatoms. The van der Waals surface area contributed by atoms with Crippen LogP contribution in [0.15, 0.2) is 53.1 Å². The van der Waals surface area contributed by atoms with E-state index in [1.54, 1.807) is 30.5 Å². The molecule has 2 heterocycles. The highest BCUT2D eigenvalue weighted by molar-refractivity contribution is 6.30. The summed E-state index contributed by atoms with van der Waals surface area (Å²) in [7, 11) is 0. The lowest BCUT2D eigenvalue weighted by atomic mass is 10.1. The fraction of sp³-hybridized carbons (Fsp3) is 0.125. The third kappa shape index (κ3) is 4.14. The van der Waals surface area contributed by atoms with Crippen molar-refractivity contribution in [2.24, 2.45) is 0 Å². The van der Waals surface area contributed by atoms with Crippen LogP contribution in [-0.2, 0) is 17.8 Å². The minimum atomic E-state index is -0.134. The Balaban J connectivity index is 1.55. The van der Waals surface area contributed by atoms with Gasteiger partial charge in [-0.15, -0.1) is 10.2 Å². The molecule has 116 valence electrons. The van der Waals surface area contributed by atoms with Crippen LogP contribution >= 0.6 is 11.6 Å². The SMILES string of the molecule is O=C(Cc1ccc(Cl)cc1)NCc1nnc(-c2ccccn2)o1. The number of benzene rings is 1. The molecule has 0 fully saturated rings. The quantitative estimate of drug-likeness (QED) is 0.778. The fourth-order valence-electron chi connectivity index (χ4n) is 1.94. The Bertz CT molecular complexity index is 787. The first kappa shape index (κ1) is 15.2. The van der Waals surface area contributed by atoms with Crippen LogP contribution in [0.5, 0.6) is 0 Å². The van der Waals surface area contributed by atoms with E-state index < -0.39 is 0 Å². The summed E-state index contributed by atoms with van der Waals surface area (Å²) in [6.45, 7) is 0.173. The van der Waals surface area contributed by atoms with Gasteiger partial charge in [0.15, 0.2) is 0 Å². The summed E-state index contributed by atoms with van der Waals surface area (Å²) in [5.74, 6) is 0.521. The second-order valence-corrected chi connectivity index (χ2v) is 5.23. The summed E-state index contributed by atoms with van der Waals surface area (Å²) in [6, 6.07) is 12.5. The molecule has 0 unspecified atom stereocenters. The van der Waals surface area contributed by atoms with Gasteiger partial charge in [0.2, 0.25) is 11.8 Å². The predicted octanol–water partition coefficient (Wildman–Crippen LogP) is 2.64. The average molecular weight is 329 g/mol. The molecule has 2 aromatic heterocycles. The van der Waals surface area contributed by atoms with Gasteiger partial charge in [-0.2, -0.15) is 0 Å². The van der Waals surface area contributed by atoms with Crippen molar-refractivity contribution in [1.29, 1.82) is 0 Å². The molecular formula is C16H13ClN4O2. The van der Waals surface area contributed by atoms with Crippen LogP contribution in [0.2, 0.25) is 5.02 Å². The van der Waals surface area contributed by atoms with Crippen LogP contribution in [0.25, 0.3) is 11.6 Å². The summed E-state index contributed by atoms with van der Waals surface area (Å²) in [4.78, 5) is 16.0. The molecule has 0 atom stereocenters. The largest absolute Gasteiger partial charge is 0.417 e. The number of hydrogen-bond acceptors (Lipinski definition) is 5. The highest BCUT2D eigenvalue weighted by Gasteiger charge is 2.10. The van der Waals surface area contributed by atoms with E-state index in [-0.39, 0.29) is 18.9 Å². The smallest absolute Gasteiger partial charge is 0.266 e. The summed E-state index contributed by atoms with van der Waals surface area (Å²) in [5, 5.41) is 11.2. The maximum Gasteiger partial charge on any atom is 0.266 e. The zero-order chi connectivity index (χ0) is 16.1. The van der Waals surface area contributed by atoms with Crippen LogP contribution in [-0.4, -0.2) is 21.1 Å². The number of carbonyl (C=O) groups excluding carboxylic acids is 1. The van der Waals surface area contributed by atoms with Crippen LogP contribution in [0.1, 0.15) is 11.5 Å². The van der Waals surface area contributed by atoms with E-state index in [2.05, 4.69) is 20.5 Å². The second-order valence-electron chi connectivity index (χ2n) is 4.80. The van der Waals surface area contributed by atoms with Gasteiger partial charge in [-0.25, -0.2) is 0 Å². The molecule has 0 spiro atoms. The van der Waals surface area contributed by atoms with E-state index >= 15 is 0 Å². The summed E-state index contributed by atoms with van der Waals surface area (Å²) in [5.41, 5.74) is 1.48. The first-order valence-corrected chi connectivity index (χ1v) is 7.33. The Kier molecular flexibility index (Phi) is 4.63. The van der Waals surface area contributed by atoms with Gasteiger partial charge in [0.05, 0.1) is 13.0 Å². The molecule has 1 amide bonds. The number of nitrogens with zero attached hydrogens (tertiary/aromatic N) is 3. The second kappa shape index (κ2) is 7.02. The summed E-state index contributed by atoms with van der Waals surface area (Å²) in [6.07, 6.45) is 1.91. The molecule has 1 aromatic carbocycles. The average Bonchev–Trinajstić information content (AvgIpc) is 3.05. The van der Waals surface area contributed by atoms with E-state index in [1.165, 1.54) is 0 Å². The molecule has 3 aromatic rings. The van der Waals surface area contributed by atoms with Crippen LogP contribution in [0.3, 0.4) is 0 Å². The van der Waals surface area contributed by atoms with Gasteiger partial charge < -0.3 is 9.73 Å². The van der Waals surface area contributed by atoms with Crippen LogP contribution in [0.4, 0.5) is 0 Å². The van der Waals surface area contributed by atoms with E-state index in [0.29, 0.717) is 22.5 Å². The maximum absolute atomic E-state index is 11.9. The third-order valence-electron chi connectivity index (χ3n) is 3.07. The monoisotopic (exact) mass is 328 g/mol. The minimum absolute atomic E-state index is 0.134. The van der Waals surface area contributed by atoms with Gasteiger partial charge in [0.25, 0.3) is 5.89 Å². The van der Waals surface area contributed by atoms with E-state index in [1.807, 2.05) is 18.2 Å². The zero-order valence-corrected chi connectivity index (χ0v) is 12.8. The molecule has 0 saturated heterocycles. The molecule has 3 rings (SSSR count). The van der Waals surface area contributed by atoms with Crippen molar-refractivity contribution in [3.05, 3.63) is 65.1 Å². The highest BCUT2D eigenvalue weighted by Crippen LogP contribution is 2.14. The van der Waals surface area contributed by atoms with Crippen LogP contribution < -0.4 is 5.32 Å². The molecule has 6 nitrogen and oxygen atoms in total. The summed E-state index contributed by atoms with van der Waals surface area (Å²) >= 11 is 5.81. The summed E-state index contributed by atoms with van der Waals surface area (Å²) < 4.78 is 5.47. The molecule has 0 bridgehead atoms. The first-order chi connectivity index (χ1) is 11.2. The topological polar surface area (TPSA) is 80.9 Å². The molecule has 0 aliphatic rings. The third-order valence-corrected chi connectivity index (χ3v) is 3.32. The number of rotatable bonds is 5. The molecule has 1 N–H and O–H groups in total. The molecule has 0 aliphatic heterocycles. The maximum atomic E-state index is 11.9. The van der Waals surface area contributed by atoms with Crippen molar-refractivity contribution in [3.8, 4) is 11.6 Å². The van der Waals surface area contributed by atoms with Gasteiger partial charge in [-0.1, -0.05) is 29.8 Å².